The predicted octanol–water partition coefficient (Wildman–Crippen LogP) is 2.88. The Kier molecular flexibility index (Phi) is 3.13. The Balaban J connectivity index is 1.71. The first-order valence-electron chi connectivity index (χ1n) is 6.09. The molecule has 0 bridgehead atoms. The van der Waals surface area contributed by atoms with Gasteiger partial charge in [-0.3, -0.25) is 0 Å². The van der Waals surface area contributed by atoms with Crippen LogP contribution in [-0.2, 0) is 0 Å². The van der Waals surface area contributed by atoms with E-state index in [1.165, 1.54) is 0 Å². The molecule has 0 amide bonds. The second-order valence-electron chi connectivity index (χ2n) is 4.21. The second-order valence-corrected chi connectivity index (χ2v) is 4.21. The van der Waals surface area contributed by atoms with Crippen LogP contribution in [-0.4, -0.2) is 16.2 Å². The van der Waals surface area contributed by atoms with Crippen LogP contribution < -0.4 is 5.43 Å². The number of rotatable bonds is 3. The summed E-state index contributed by atoms with van der Waals surface area (Å²) in [5.74, 6) is 0.594. The van der Waals surface area contributed by atoms with Crippen LogP contribution in [0.3, 0.4) is 0 Å². The summed E-state index contributed by atoms with van der Waals surface area (Å²) in [5.41, 5.74) is 6.24. The van der Waals surface area contributed by atoms with Crippen molar-refractivity contribution in [3.05, 3.63) is 59.7 Å². The number of aromatic amines is 1. The Bertz CT molecular complexity index is 760. The van der Waals surface area contributed by atoms with E-state index in [-0.39, 0.29) is 0 Å². The lowest BCUT2D eigenvalue weighted by molar-refractivity contribution is 1.21. The van der Waals surface area contributed by atoms with Crippen LogP contribution in [0.1, 0.15) is 11.1 Å². The van der Waals surface area contributed by atoms with Crippen LogP contribution in [0, 0.1) is 11.3 Å². The van der Waals surface area contributed by atoms with Gasteiger partial charge in [0.15, 0.2) is 0 Å². The number of aromatic nitrogens is 2. The molecule has 96 valence electrons. The molecule has 0 atom stereocenters. The first-order chi connectivity index (χ1) is 9.85. The third-order valence-corrected chi connectivity index (χ3v) is 2.81. The molecule has 5 nitrogen and oxygen atoms in total. The third kappa shape index (κ3) is 2.49. The Hall–Kier alpha value is -3.13. The minimum absolute atomic E-state index is 0.594. The van der Waals surface area contributed by atoms with Crippen molar-refractivity contribution in [2.75, 3.05) is 5.43 Å². The van der Waals surface area contributed by atoms with Gasteiger partial charge in [-0.15, -0.1) is 0 Å². The highest BCUT2D eigenvalue weighted by molar-refractivity contribution is 5.81. The van der Waals surface area contributed by atoms with Crippen LogP contribution in [0.25, 0.3) is 11.0 Å². The Morgan fingerprint density at radius 1 is 1.15 bits per heavy atom. The number of H-pyrrole nitrogens is 1. The van der Waals surface area contributed by atoms with Gasteiger partial charge in [-0.1, -0.05) is 24.3 Å². The number of nitrogens with one attached hydrogen (secondary N) is 2. The molecule has 0 aliphatic rings. The number of hydrogen-bond donors (Lipinski definition) is 2. The molecule has 0 saturated carbocycles. The van der Waals surface area contributed by atoms with E-state index in [0.717, 1.165) is 16.6 Å². The number of imidazole rings is 1. The minimum Gasteiger partial charge on any atom is -0.323 e. The SMILES string of the molecule is N#Cc1ccc(C=NNc2nc3ccccc3[nH]2)cc1. The van der Waals surface area contributed by atoms with Gasteiger partial charge < -0.3 is 4.98 Å². The van der Waals surface area contributed by atoms with Crippen molar-refractivity contribution < 1.29 is 0 Å². The predicted molar refractivity (Wildman–Crippen MR) is 78.5 cm³/mol. The van der Waals surface area contributed by atoms with Crippen molar-refractivity contribution >= 4 is 23.2 Å². The molecule has 0 aliphatic carbocycles. The lowest BCUT2D eigenvalue weighted by atomic mass is 10.2. The van der Waals surface area contributed by atoms with Crippen molar-refractivity contribution in [3.8, 4) is 6.07 Å². The maximum Gasteiger partial charge on any atom is 0.222 e. The molecule has 2 aromatic carbocycles. The average molecular weight is 261 g/mol. The van der Waals surface area contributed by atoms with Crippen molar-refractivity contribution in [2.24, 2.45) is 5.10 Å². The lowest BCUT2D eigenvalue weighted by Gasteiger charge is -1.94. The van der Waals surface area contributed by atoms with E-state index in [1.807, 2.05) is 36.4 Å². The highest BCUT2D eigenvalue weighted by atomic mass is 15.3. The van der Waals surface area contributed by atoms with Gasteiger partial charge in [0.05, 0.1) is 28.9 Å². The third-order valence-electron chi connectivity index (χ3n) is 2.81. The molecule has 0 fully saturated rings. The topological polar surface area (TPSA) is 76.9 Å². The van der Waals surface area contributed by atoms with Gasteiger partial charge in [0.1, 0.15) is 0 Å². The summed E-state index contributed by atoms with van der Waals surface area (Å²) < 4.78 is 0. The zero-order chi connectivity index (χ0) is 13.8. The zero-order valence-corrected chi connectivity index (χ0v) is 10.5. The summed E-state index contributed by atoms with van der Waals surface area (Å²) in [5, 5.41) is 12.8. The number of para-hydroxylation sites is 2. The summed E-state index contributed by atoms with van der Waals surface area (Å²) in [7, 11) is 0. The first kappa shape index (κ1) is 11.9. The van der Waals surface area contributed by atoms with Gasteiger partial charge >= 0.3 is 0 Å². The number of anilines is 1. The van der Waals surface area contributed by atoms with E-state index in [9.17, 15) is 0 Å². The van der Waals surface area contributed by atoms with Gasteiger partial charge in [0.2, 0.25) is 5.95 Å². The lowest BCUT2D eigenvalue weighted by Crippen LogP contribution is -1.92. The highest BCUT2D eigenvalue weighted by Crippen LogP contribution is 2.13. The molecule has 0 unspecified atom stereocenters. The molecule has 2 N–H and O–H groups in total. The first-order valence-corrected chi connectivity index (χ1v) is 6.09. The molecule has 3 rings (SSSR count). The van der Waals surface area contributed by atoms with Crippen molar-refractivity contribution in [1.82, 2.24) is 9.97 Å². The fraction of sp³-hybridized carbons (Fsp3) is 0. The van der Waals surface area contributed by atoms with Crippen LogP contribution >= 0.6 is 0 Å². The van der Waals surface area contributed by atoms with E-state index in [1.54, 1.807) is 18.3 Å². The molecular formula is C15H11N5. The van der Waals surface area contributed by atoms with E-state index in [2.05, 4.69) is 26.6 Å². The van der Waals surface area contributed by atoms with Crippen LogP contribution in [0.5, 0.6) is 0 Å². The number of hydrazone groups is 1. The zero-order valence-electron chi connectivity index (χ0n) is 10.5. The standard InChI is InChI=1S/C15H11N5/c16-9-11-5-7-12(8-6-11)10-17-20-15-18-13-3-1-2-4-14(13)19-15/h1-8,10H,(H2,18,19,20). The fourth-order valence-electron chi connectivity index (χ4n) is 1.82. The molecule has 1 aromatic heterocycles. The average Bonchev–Trinajstić information content (AvgIpc) is 2.90. The Morgan fingerprint density at radius 2 is 1.95 bits per heavy atom. The summed E-state index contributed by atoms with van der Waals surface area (Å²) in [6.07, 6.45) is 1.67. The van der Waals surface area contributed by atoms with Gasteiger partial charge in [0, 0.05) is 0 Å². The summed E-state index contributed by atoms with van der Waals surface area (Å²) >= 11 is 0. The number of nitriles is 1. The van der Waals surface area contributed by atoms with Crippen molar-refractivity contribution in [2.45, 2.75) is 0 Å². The molecular weight excluding hydrogens is 250 g/mol. The highest BCUT2D eigenvalue weighted by Gasteiger charge is 1.99. The maximum atomic E-state index is 8.71. The normalized spacial score (nSPS) is 10.8. The number of nitrogens with zero attached hydrogens (tertiary/aromatic N) is 3. The number of benzene rings is 2. The summed E-state index contributed by atoms with van der Waals surface area (Å²) in [6, 6.07) is 17.0. The molecule has 0 aliphatic heterocycles. The molecule has 0 saturated heterocycles. The van der Waals surface area contributed by atoms with Crippen LogP contribution in [0.2, 0.25) is 0 Å². The minimum atomic E-state index is 0.594. The smallest absolute Gasteiger partial charge is 0.222 e. The summed E-state index contributed by atoms with van der Waals surface area (Å²) in [4.78, 5) is 7.47. The second kappa shape index (κ2) is 5.24. The monoisotopic (exact) mass is 261 g/mol. The van der Waals surface area contributed by atoms with E-state index < -0.39 is 0 Å². The van der Waals surface area contributed by atoms with E-state index in [0.29, 0.717) is 11.5 Å². The van der Waals surface area contributed by atoms with Crippen LogP contribution in [0.4, 0.5) is 5.95 Å². The molecule has 20 heavy (non-hydrogen) atoms. The van der Waals surface area contributed by atoms with Gasteiger partial charge in [0.25, 0.3) is 0 Å². The van der Waals surface area contributed by atoms with Crippen molar-refractivity contribution in [3.63, 3.8) is 0 Å². The summed E-state index contributed by atoms with van der Waals surface area (Å²) in [6.45, 7) is 0. The van der Waals surface area contributed by atoms with Crippen molar-refractivity contribution in [1.29, 1.82) is 5.26 Å². The molecule has 0 radical (unpaired) electrons. The van der Waals surface area contributed by atoms with Gasteiger partial charge in [-0.25, -0.2) is 10.4 Å². The Morgan fingerprint density at radius 3 is 2.70 bits per heavy atom. The van der Waals surface area contributed by atoms with Gasteiger partial charge in [-0.05, 0) is 29.8 Å². The largest absolute Gasteiger partial charge is 0.323 e. The fourth-order valence-corrected chi connectivity index (χ4v) is 1.82. The molecule has 5 heteroatoms. The molecule has 3 aromatic rings. The van der Waals surface area contributed by atoms with Crippen LogP contribution in [0.15, 0.2) is 53.6 Å². The number of hydrogen-bond acceptors (Lipinski definition) is 4. The molecule has 0 spiro atoms. The van der Waals surface area contributed by atoms with Gasteiger partial charge in [-0.2, -0.15) is 10.4 Å². The quantitative estimate of drug-likeness (QED) is 0.562. The van der Waals surface area contributed by atoms with E-state index >= 15 is 0 Å². The molecule has 1 heterocycles. The number of fused-ring (bicyclic) bond motifs is 1. The maximum absolute atomic E-state index is 8.71. The Labute approximate surface area is 115 Å². The van der Waals surface area contributed by atoms with E-state index in [4.69, 9.17) is 5.26 Å².